The smallest absolute Gasteiger partial charge is 0.165 e. The lowest BCUT2D eigenvalue weighted by atomic mass is 10.1. The van der Waals surface area contributed by atoms with Gasteiger partial charge >= 0.3 is 0 Å². The molecule has 0 saturated carbocycles. The second kappa shape index (κ2) is 6.31. The minimum Gasteiger partial charge on any atom is -0.493 e. The highest BCUT2D eigenvalue weighted by Crippen LogP contribution is 2.40. The Kier molecular flexibility index (Phi) is 4.41. The van der Waals surface area contributed by atoms with Crippen LogP contribution in [0.4, 0.5) is 0 Å². The van der Waals surface area contributed by atoms with E-state index in [1.54, 1.807) is 7.11 Å². The van der Waals surface area contributed by atoms with Crippen molar-refractivity contribution in [1.82, 2.24) is 4.90 Å². The monoisotopic (exact) mass is 317 g/mol. The van der Waals surface area contributed by atoms with Gasteiger partial charge in [0.25, 0.3) is 0 Å². The van der Waals surface area contributed by atoms with Gasteiger partial charge in [-0.05, 0) is 50.6 Å². The molecule has 0 amide bonds. The van der Waals surface area contributed by atoms with Crippen LogP contribution >= 0.6 is 11.3 Å². The normalized spacial score (nSPS) is 15.3. The van der Waals surface area contributed by atoms with E-state index in [4.69, 9.17) is 9.47 Å². The average molecular weight is 317 g/mol. The van der Waals surface area contributed by atoms with Gasteiger partial charge in [0, 0.05) is 34.4 Å². The van der Waals surface area contributed by atoms with Gasteiger partial charge in [-0.15, -0.1) is 11.3 Å². The van der Waals surface area contributed by atoms with Crippen molar-refractivity contribution in [3.8, 4) is 21.9 Å². The Morgan fingerprint density at radius 3 is 2.73 bits per heavy atom. The number of nitrogens with zero attached hydrogens (tertiary/aromatic N) is 1. The average Bonchev–Trinajstić information content (AvgIpc) is 2.81. The molecule has 0 fully saturated rings. The van der Waals surface area contributed by atoms with Gasteiger partial charge in [0.2, 0.25) is 0 Å². The maximum Gasteiger partial charge on any atom is 0.165 e. The maximum absolute atomic E-state index is 5.98. The van der Waals surface area contributed by atoms with E-state index < -0.39 is 0 Å². The molecule has 0 atom stereocenters. The molecule has 3 rings (SSSR count). The summed E-state index contributed by atoms with van der Waals surface area (Å²) in [4.78, 5) is 5.04. The van der Waals surface area contributed by atoms with E-state index in [0.717, 1.165) is 24.6 Å². The fourth-order valence-corrected chi connectivity index (χ4v) is 3.68. The molecule has 0 spiro atoms. The lowest BCUT2D eigenvalue weighted by molar-refractivity contribution is 0.187. The van der Waals surface area contributed by atoms with E-state index >= 15 is 0 Å². The third kappa shape index (κ3) is 2.99. The van der Waals surface area contributed by atoms with Crippen LogP contribution in [0.25, 0.3) is 10.4 Å². The van der Waals surface area contributed by atoms with Crippen LogP contribution in [-0.4, -0.2) is 31.2 Å². The summed E-state index contributed by atoms with van der Waals surface area (Å²) >= 11 is 1.81. The van der Waals surface area contributed by atoms with Crippen LogP contribution in [0.5, 0.6) is 11.5 Å². The van der Waals surface area contributed by atoms with E-state index in [0.29, 0.717) is 12.6 Å². The van der Waals surface area contributed by atoms with E-state index in [9.17, 15) is 0 Å². The number of aryl methyl sites for hydroxylation is 1. The van der Waals surface area contributed by atoms with E-state index in [1.807, 2.05) is 11.3 Å². The van der Waals surface area contributed by atoms with Gasteiger partial charge in [-0.3, -0.25) is 4.90 Å². The number of hydrogen-bond donors (Lipinski definition) is 0. The standard InChI is InChI=1S/C18H23NO2S/c1-12(2)19-7-8-21-18-15(11-19)9-14(10-16(18)20-4)17-6-5-13(3)22-17/h5-6,9-10,12H,7-8,11H2,1-4H3. The van der Waals surface area contributed by atoms with Crippen LogP contribution < -0.4 is 9.47 Å². The summed E-state index contributed by atoms with van der Waals surface area (Å²) < 4.78 is 11.6. The molecular weight excluding hydrogens is 294 g/mol. The number of fused-ring (bicyclic) bond motifs is 1. The molecule has 1 aliphatic heterocycles. The predicted octanol–water partition coefficient (Wildman–Crippen LogP) is 4.33. The third-order valence-electron chi connectivity index (χ3n) is 4.11. The zero-order chi connectivity index (χ0) is 15.7. The summed E-state index contributed by atoms with van der Waals surface area (Å²) in [7, 11) is 1.72. The molecule has 3 nitrogen and oxygen atoms in total. The fraction of sp³-hybridized carbons (Fsp3) is 0.444. The lowest BCUT2D eigenvalue weighted by Crippen LogP contribution is -2.32. The molecule has 0 bridgehead atoms. The van der Waals surface area contributed by atoms with Crippen LogP contribution in [0, 0.1) is 6.92 Å². The van der Waals surface area contributed by atoms with Crippen LogP contribution in [0.15, 0.2) is 24.3 Å². The first-order chi connectivity index (χ1) is 10.6. The quantitative estimate of drug-likeness (QED) is 0.841. The van der Waals surface area contributed by atoms with Crippen molar-refractivity contribution < 1.29 is 9.47 Å². The first-order valence-corrected chi connectivity index (χ1v) is 8.54. The number of thiophene rings is 1. The van der Waals surface area contributed by atoms with Crippen molar-refractivity contribution in [1.29, 1.82) is 0 Å². The summed E-state index contributed by atoms with van der Waals surface area (Å²) in [5.41, 5.74) is 2.43. The van der Waals surface area contributed by atoms with Crippen molar-refractivity contribution in [2.24, 2.45) is 0 Å². The van der Waals surface area contributed by atoms with Crippen molar-refractivity contribution in [3.05, 3.63) is 34.7 Å². The molecule has 22 heavy (non-hydrogen) atoms. The van der Waals surface area contributed by atoms with Crippen LogP contribution in [-0.2, 0) is 6.54 Å². The molecule has 1 aliphatic rings. The molecule has 118 valence electrons. The zero-order valence-electron chi connectivity index (χ0n) is 13.7. The predicted molar refractivity (Wildman–Crippen MR) is 92.1 cm³/mol. The Bertz CT molecular complexity index is 663. The number of benzene rings is 1. The van der Waals surface area contributed by atoms with Crippen LogP contribution in [0.1, 0.15) is 24.3 Å². The molecule has 0 aliphatic carbocycles. The van der Waals surface area contributed by atoms with Gasteiger partial charge in [0.05, 0.1) is 7.11 Å². The van der Waals surface area contributed by atoms with Gasteiger partial charge in [0.1, 0.15) is 6.61 Å². The van der Waals surface area contributed by atoms with Crippen molar-refractivity contribution in [2.75, 3.05) is 20.3 Å². The van der Waals surface area contributed by atoms with Gasteiger partial charge in [-0.25, -0.2) is 0 Å². The molecule has 2 aromatic rings. The SMILES string of the molecule is COc1cc(-c2ccc(C)s2)cc2c1OCCN(C(C)C)C2. The van der Waals surface area contributed by atoms with E-state index in [-0.39, 0.29) is 0 Å². The van der Waals surface area contributed by atoms with Gasteiger partial charge in [-0.1, -0.05) is 0 Å². The Morgan fingerprint density at radius 1 is 1.27 bits per heavy atom. The number of rotatable bonds is 3. The first kappa shape index (κ1) is 15.4. The number of methoxy groups -OCH3 is 1. The molecular formula is C18H23NO2S. The Balaban J connectivity index is 2.05. The highest BCUT2D eigenvalue weighted by Gasteiger charge is 2.22. The summed E-state index contributed by atoms with van der Waals surface area (Å²) in [6, 6.07) is 9.20. The largest absolute Gasteiger partial charge is 0.493 e. The highest BCUT2D eigenvalue weighted by atomic mass is 32.1. The van der Waals surface area contributed by atoms with Crippen molar-refractivity contribution in [2.45, 2.75) is 33.4 Å². The van der Waals surface area contributed by atoms with Crippen molar-refractivity contribution >= 4 is 11.3 Å². The minimum atomic E-state index is 0.508. The maximum atomic E-state index is 5.98. The molecule has 0 unspecified atom stereocenters. The second-order valence-corrected chi connectivity index (χ2v) is 7.28. The third-order valence-corrected chi connectivity index (χ3v) is 5.15. The lowest BCUT2D eigenvalue weighted by Gasteiger charge is -2.23. The van der Waals surface area contributed by atoms with Gasteiger partial charge in [0.15, 0.2) is 11.5 Å². The van der Waals surface area contributed by atoms with Crippen LogP contribution in [0.3, 0.4) is 0 Å². The zero-order valence-corrected chi connectivity index (χ0v) is 14.5. The molecule has 0 N–H and O–H groups in total. The van der Waals surface area contributed by atoms with Crippen LogP contribution in [0.2, 0.25) is 0 Å². The van der Waals surface area contributed by atoms with Gasteiger partial charge in [-0.2, -0.15) is 0 Å². The molecule has 0 radical (unpaired) electrons. The molecule has 4 heteroatoms. The van der Waals surface area contributed by atoms with Gasteiger partial charge < -0.3 is 9.47 Å². The highest BCUT2D eigenvalue weighted by molar-refractivity contribution is 7.15. The summed E-state index contributed by atoms with van der Waals surface area (Å²) in [5.74, 6) is 1.74. The Labute approximate surface area is 136 Å². The van der Waals surface area contributed by atoms with E-state index in [2.05, 4.69) is 49.9 Å². The summed E-state index contributed by atoms with van der Waals surface area (Å²) in [5, 5.41) is 0. The topological polar surface area (TPSA) is 21.7 Å². The molecule has 1 aromatic heterocycles. The van der Waals surface area contributed by atoms with Crippen molar-refractivity contribution in [3.63, 3.8) is 0 Å². The Morgan fingerprint density at radius 2 is 2.09 bits per heavy atom. The molecule has 2 heterocycles. The second-order valence-electron chi connectivity index (χ2n) is 5.99. The summed E-state index contributed by atoms with van der Waals surface area (Å²) in [6.45, 7) is 9.16. The minimum absolute atomic E-state index is 0.508. The number of ether oxygens (including phenoxy) is 2. The fourth-order valence-electron chi connectivity index (χ4n) is 2.83. The number of hydrogen-bond acceptors (Lipinski definition) is 4. The summed E-state index contributed by atoms with van der Waals surface area (Å²) in [6.07, 6.45) is 0. The molecule has 0 saturated heterocycles. The molecule has 1 aromatic carbocycles. The first-order valence-electron chi connectivity index (χ1n) is 7.73. The van der Waals surface area contributed by atoms with E-state index in [1.165, 1.54) is 20.9 Å². The Hall–Kier alpha value is -1.52.